The highest BCUT2D eigenvalue weighted by atomic mass is 35.5. The van der Waals surface area contributed by atoms with Gasteiger partial charge < -0.3 is 29.0 Å². The van der Waals surface area contributed by atoms with Crippen molar-refractivity contribution in [3.63, 3.8) is 0 Å². The summed E-state index contributed by atoms with van der Waals surface area (Å²) in [6, 6.07) is 18.6. The molecular formula is C26H26ClN3O5. The van der Waals surface area contributed by atoms with Gasteiger partial charge in [-0.3, -0.25) is 0 Å². The van der Waals surface area contributed by atoms with Gasteiger partial charge in [-0.1, -0.05) is 23.7 Å². The Morgan fingerprint density at radius 3 is 2.14 bits per heavy atom. The Balaban J connectivity index is 1.56. The molecule has 0 saturated heterocycles. The first kappa shape index (κ1) is 24.5. The summed E-state index contributed by atoms with van der Waals surface area (Å²) in [4.78, 5) is 8.84. The number of halogens is 1. The Morgan fingerprint density at radius 2 is 1.46 bits per heavy atom. The van der Waals surface area contributed by atoms with E-state index < -0.39 is 0 Å². The maximum absolute atomic E-state index is 6.18. The van der Waals surface area contributed by atoms with Crippen molar-refractivity contribution in [3.05, 3.63) is 72.0 Å². The monoisotopic (exact) mass is 495 g/mol. The summed E-state index contributed by atoms with van der Waals surface area (Å²) in [5, 5.41) is 4.68. The Hall–Kier alpha value is -3.59. The van der Waals surface area contributed by atoms with Crippen LogP contribution in [0, 0.1) is 0 Å². The second kappa shape index (κ2) is 12.2. The van der Waals surface area contributed by atoms with E-state index in [1.54, 1.807) is 20.3 Å². The number of benzene rings is 3. The predicted molar refractivity (Wildman–Crippen MR) is 136 cm³/mol. The van der Waals surface area contributed by atoms with Crippen LogP contribution in [0.5, 0.6) is 23.0 Å². The number of nitrogens with zero attached hydrogens (tertiary/aromatic N) is 2. The molecule has 0 aliphatic rings. The summed E-state index contributed by atoms with van der Waals surface area (Å²) in [5.74, 6) is 3.06. The lowest BCUT2D eigenvalue weighted by Gasteiger charge is -2.15. The highest BCUT2D eigenvalue weighted by molar-refractivity contribution is 6.32. The number of ether oxygens (including phenoxy) is 5. The zero-order valence-electron chi connectivity index (χ0n) is 19.5. The van der Waals surface area contributed by atoms with Gasteiger partial charge in [0.05, 0.1) is 23.8 Å². The molecule has 0 amide bonds. The molecule has 3 aromatic carbocycles. The number of hydrogen-bond acceptors (Lipinski definition) is 8. The minimum atomic E-state index is 0.381. The van der Waals surface area contributed by atoms with E-state index in [0.29, 0.717) is 65.8 Å². The maximum atomic E-state index is 6.18. The average Bonchev–Trinajstić information content (AvgIpc) is 2.87. The summed E-state index contributed by atoms with van der Waals surface area (Å²) in [5.41, 5.74) is 1.55. The molecule has 1 heterocycles. The van der Waals surface area contributed by atoms with Crippen LogP contribution in [0.25, 0.3) is 10.9 Å². The van der Waals surface area contributed by atoms with Crippen LogP contribution >= 0.6 is 11.6 Å². The molecule has 4 aromatic rings. The van der Waals surface area contributed by atoms with Crippen molar-refractivity contribution < 1.29 is 23.7 Å². The molecule has 0 aliphatic carbocycles. The third-order valence-electron chi connectivity index (χ3n) is 4.97. The molecule has 0 atom stereocenters. The number of anilines is 2. The van der Waals surface area contributed by atoms with Crippen molar-refractivity contribution >= 4 is 34.0 Å². The number of aromatic nitrogens is 2. The Labute approximate surface area is 208 Å². The predicted octanol–water partition coefficient (Wildman–Crippen LogP) is 5.87. The summed E-state index contributed by atoms with van der Waals surface area (Å²) in [6.07, 6.45) is 1.50. The van der Waals surface area contributed by atoms with Crippen LogP contribution in [0.4, 0.5) is 11.5 Å². The molecule has 1 N–H and O–H groups in total. The molecule has 0 saturated carbocycles. The van der Waals surface area contributed by atoms with E-state index in [2.05, 4.69) is 15.3 Å². The van der Waals surface area contributed by atoms with Gasteiger partial charge in [0, 0.05) is 31.4 Å². The molecule has 0 bridgehead atoms. The van der Waals surface area contributed by atoms with Crippen molar-refractivity contribution in [2.24, 2.45) is 0 Å². The quantitative estimate of drug-likeness (QED) is 0.244. The van der Waals surface area contributed by atoms with Crippen LogP contribution in [0.15, 0.2) is 67.0 Å². The first-order valence-corrected chi connectivity index (χ1v) is 11.4. The molecule has 35 heavy (non-hydrogen) atoms. The molecule has 0 fully saturated rings. The van der Waals surface area contributed by atoms with Gasteiger partial charge in [-0.25, -0.2) is 9.97 Å². The smallest absolute Gasteiger partial charge is 0.163 e. The van der Waals surface area contributed by atoms with Gasteiger partial charge in [0.2, 0.25) is 0 Å². The standard InChI is InChI=1S/C26H26ClN3O5/c1-31-11-13-33-24-15-20-22(16-25(24)34-14-12-32-2)28-17-29-26(20)30-18-7-9-19(10-8-18)35-23-6-4-3-5-21(23)27/h3-10,15-17H,11-14H2,1-2H3,(H,28,29,30). The second-order valence-electron chi connectivity index (χ2n) is 7.40. The number of hydrogen-bond donors (Lipinski definition) is 1. The van der Waals surface area contributed by atoms with Crippen molar-refractivity contribution in [2.45, 2.75) is 0 Å². The highest BCUT2D eigenvalue weighted by Gasteiger charge is 2.13. The van der Waals surface area contributed by atoms with Crippen LogP contribution in [0.3, 0.4) is 0 Å². The normalized spacial score (nSPS) is 10.8. The fourth-order valence-corrected chi connectivity index (χ4v) is 3.43. The molecule has 0 aliphatic heterocycles. The fraction of sp³-hybridized carbons (Fsp3) is 0.231. The van der Waals surface area contributed by atoms with E-state index in [1.807, 2.05) is 54.6 Å². The molecule has 9 heteroatoms. The minimum absolute atomic E-state index is 0.381. The fourth-order valence-electron chi connectivity index (χ4n) is 3.26. The third kappa shape index (κ3) is 6.51. The third-order valence-corrected chi connectivity index (χ3v) is 5.28. The lowest BCUT2D eigenvalue weighted by atomic mass is 10.2. The lowest BCUT2D eigenvalue weighted by Crippen LogP contribution is -2.09. The molecule has 182 valence electrons. The highest BCUT2D eigenvalue weighted by Crippen LogP contribution is 2.35. The lowest BCUT2D eigenvalue weighted by molar-refractivity contribution is 0.132. The number of nitrogens with one attached hydrogen (secondary N) is 1. The molecule has 8 nitrogen and oxygen atoms in total. The van der Waals surface area contributed by atoms with E-state index in [4.69, 9.17) is 35.3 Å². The number of methoxy groups -OCH3 is 2. The molecule has 0 radical (unpaired) electrons. The van der Waals surface area contributed by atoms with Crippen molar-refractivity contribution in [2.75, 3.05) is 46.0 Å². The van der Waals surface area contributed by atoms with E-state index in [1.165, 1.54) is 6.33 Å². The first-order valence-electron chi connectivity index (χ1n) is 11.0. The average molecular weight is 496 g/mol. The largest absolute Gasteiger partial charge is 0.487 e. The van der Waals surface area contributed by atoms with Crippen LogP contribution in [-0.4, -0.2) is 50.6 Å². The molecule has 4 rings (SSSR count). The summed E-state index contributed by atoms with van der Waals surface area (Å²) < 4.78 is 27.8. The SMILES string of the molecule is COCCOc1cc2ncnc(Nc3ccc(Oc4ccccc4Cl)cc3)c2cc1OCCOC. The second-order valence-corrected chi connectivity index (χ2v) is 7.81. The van der Waals surface area contributed by atoms with Gasteiger partial charge in [0.1, 0.15) is 36.9 Å². The molecular weight excluding hydrogens is 470 g/mol. The Morgan fingerprint density at radius 1 is 0.771 bits per heavy atom. The van der Waals surface area contributed by atoms with Gasteiger partial charge in [0.15, 0.2) is 11.5 Å². The van der Waals surface area contributed by atoms with E-state index >= 15 is 0 Å². The van der Waals surface area contributed by atoms with Crippen molar-refractivity contribution in [1.29, 1.82) is 0 Å². The number of rotatable bonds is 12. The summed E-state index contributed by atoms with van der Waals surface area (Å²) in [7, 11) is 3.25. The van der Waals surface area contributed by atoms with Gasteiger partial charge in [-0.15, -0.1) is 0 Å². The van der Waals surface area contributed by atoms with Crippen LogP contribution in [-0.2, 0) is 9.47 Å². The van der Waals surface area contributed by atoms with E-state index in [9.17, 15) is 0 Å². The maximum Gasteiger partial charge on any atom is 0.163 e. The van der Waals surface area contributed by atoms with E-state index in [0.717, 1.165) is 11.1 Å². The van der Waals surface area contributed by atoms with Crippen molar-refractivity contribution in [1.82, 2.24) is 9.97 Å². The Kier molecular flexibility index (Phi) is 8.56. The number of fused-ring (bicyclic) bond motifs is 1. The topological polar surface area (TPSA) is 84.0 Å². The molecule has 1 aromatic heterocycles. The number of para-hydroxylation sites is 1. The van der Waals surface area contributed by atoms with E-state index in [-0.39, 0.29) is 0 Å². The zero-order chi connectivity index (χ0) is 24.5. The van der Waals surface area contributed by atoms with Crippen LogP contribution < -0.4 is 19.5 Å². The van der Waals surface area contributed by atoms with Gasteiger partial charge in [-0.2, -0.15) is 0 Å². The summed E-state index contributed by atoms with van der Waals surface area (Å²) >= 11 is 6.18. The van der Waals surface area contributed by atoms with Gasteiger partial charge in [-0.05, 0) is 42.5 Å². The summed E-state index contributed by atoms with van der Waals surface area (Å²) in [6.45, 7) is 1.68. The van der Waals surface area contributed by atoms with Gasteiger partial charge in [0.25, 0.3) is 0 Å². The van der Waals surface area contributed by atoms with Crippen LogP contribution in [0.1, 0.15) is 0 Å². The first-order chi connectivity index (χ1) is 17.2. The molecule has 0 spiro atoms. The van der Waals surface area contributed by atoms with Gasteiger partial charge >= 0.3 is 0 Å². The Bertz CT molecular complexity index is 1250. The zero-order valence-corrected chi connectivity index (χ0v) is 20.2. The van der Waals surface area contributed by atoms with Crippen molar-refractivity contribution in [3.8, 4) is 23.0 Å². The molecule has 0 unspecified atom stereocenters. The minimum Gasteiger partial charge on any atom is -0.487 e. The van der Waals surface area contributed by atoms with Crippen LogP contribution in [0.2, 0.25) is 5.02 Å².